The Morgan fingerprint density at radius 1 is 1.23 bits per heavy atom. The summed E-state index contributed by atoms with van der Waals surface area (Å²) < 4.78 is 16.7. The minimum Gasteiger partial charge on any atom is -0.466 e. The van der Waals surface area contributed by atoms with Crippen molar-refractivity contribution in [3.8, 4) is 0 Å². The van der Waals surface area contributed by atoms with E-state index in [-0.39, 0.29) is 0 Å². The molecule has 1 amide bonds. The molecular formula is C19H26BrNO5. The minimum atomic E-state index is -0.623. The lowest BCUT2D eigenvalue weighted by Crippen LogP contribution is -2.44. The van der Waals surface area contributed by atoms with Crippen molar-refractivity contribution < 1.29 is 23.8 Å². The van der Waals surface area contributed by atoms with Crippen molar-refractivity contribution in [2.75, 3.05) is 7.11 Å². The van der Waals surface area contributed by atoms with E-state index in [9.17, 15) is 9.59 Å². The van der Waals surface area contributed by atoms with Crippen LogP contribution in [0.1, 0.15) is 33.3 Å². The number of rotatable bonds is 7. The molecule has 0 heterocycles. The number of carbonyl (C=O) groups excluding carboxylic acids is 2. The van der Waals surface area contributed by atoms with Crippen LogP contribution in [0.4, 0.5) is 4.79 Å². The molecule has 2 atom stereocenters. The predicted molar refractivity (Wildman–Crippen MR) is 103 cm³/mol. The Balaban J connectivity index is 2.74. The highest BCUT2D eigenvalue weighted by Gasteiger charge is 2.22. The van der Waals surface area contributed by atoms with Gasteiger partial charge in [-0.25, -0.2) is 9.59 Å². The van der Waals surface area contributed by atoms with Gasteiger partial charge in [-0.05, 0) is 45.4 Å². The normalized spacial score (nSPS) is 13.9. The molecule has 0 bridgehead atoms. The lowest BCUT2D eigenvalue weighted by Gasteiger charge is -2.25. The number of esters is 1. The lowest BCUT2D eigenvalue weighted by molar-refractivity contribution is -0.134. The molecule has 0 saturated carbocycles. The van der Waals surface area contributed by atoms with Crippen LogP contribution < -0.4 is 5.32 Å². The number of ether oxygens (including phenoxy) is 3. The highest BCUT2D eigenvalue weighted by molar-refractivity contribution is 9.10. The topological polar surface area (TPSA) is 73.9 Å². The molecule has 0 radical (unpaired) electrons. The number of hydrogen-bond donors (Lipinski definition) is 1. The van der Waals surface area contributed by atoms with E-state index in [1.807, 2.05) is 31.2 Å². The van der Waals surface area contributed by atoms with E-state index in [1.54, 1.807) is 20.8 Å². The monoisotopic (exact) mass is 427 g/mol. The summed E-state index contributed by atoms with van der Waals surface area (Å²) in [5, 5.41) is 2.71. The summed E-state index contributed by atoms with van der Waals surface area (Å²) in [4.78, 5) is 23.4. The third-order valence-corrected chi connectivity index (χ3v) is 3.78. The molecule has 0 aromatic heterocycles. The van der Waals surface area contributed by atoms with Crippen LogP contribution in [0.2, 0.25) is 0 Å². The first-order chi connectivity index (χ1) is 12.1. The number of halogens is 1. The van der Waals surface area contributed by atoms with Gasteiger partial charge >= 0.3 is 12.1 Å². The highest BCUT2D eigenvalue weighted by atomic mass is 79.9. The molecule has 6 nitrogen and oxygen atoms in total. The highest BCUT2D eigenvalue weighted by Crippen LogP contribution is 2.13. The largest absolute Gasteiger partial charge is 0.466 e. The maximum Gasteiger partial charge on any atom is 0.408 e. The number of amides is 1. The second kappa shape index (κ2) is 10.3. The third-order valence-electron chi connectivity index (χ3n) is 3.26. The first-order valence-corrected chi connectivity index (χ1v) is 9.01. The van der Waals surface area contributed by atoms with Crippen molar-refractivity contribution in [3.63, 3.8) is 0 Å². The van der Waals surface area contributed by atoms with Crippen LogP contribution in [0, 0.1) is 0 Å². The molecule has 1 rings (SSSR count). The molecule has 1 aromatic rings. The number of benzene rings is 1. The summed E-state index contributed by atoms with van der Waals surface area (Å²) in [5.41, 5.74) is 0.371. The van der Waals surface area contributed by atoms with Gasteiger partial charge in [0.1, 0.15) is 5.60 Å². The predicted octanol–water partition coefficient (Wildman–Crippen LogP) is 3.98. The maximum atomic E-state index is 12.1. The lowest BCUT2D eigenvalue weighted by atomic mass is 10.1. The molecule has 0 aliphatic rings. The fourth-order valence-electron chi connectivity index (χ4n) is 1.93. The molecule has 0 spiro atoms. The fourth-order valence-corrected chi connectivity index (χ4v) is 2.19. The van der Waals surface area contributed by atoms with Crippen molar-refractivity contribution >= 4 is 28.0 Å². The molecule has 1 N–H and O–H groups in total. The first-order valence-electron chi connectivity index (χ1n) is 8.22. The third kappa shape index (κ3) is 9.01. The molecule has 0 aliphatic heterocycles. The van der Waals surface area contributed by atoms with Crippen LogP contribution in [0.3, 0.4) is 0 Å². The number of alkyl carbamates (subject to hydrolysis) is 1. The van der Waals surface area contributed by atoms with Gasteiger partial charge in [0, 0.05) is 10.5 Å². The van der Waals surface area contributed by atoms with E-state index < -0.39 is 29.8 Å². The van der Waals surface area contributed by atoms with Crippen molar-refractivity contribution in [1.29, 1.82) is 0 Å². The smallest absolute Gasteiger partial charge is 0.408 e. The van der Waals surface area contributed by atoms with Gasteiger partial charge in [-0.15, -0.1) is 0 Å². The quantitative estimate of drug-likeness (QED) is 0.526. The average Bonchev–Trinajstić information content (AvgIpc) is 2.55. The summed E-state index contributed by atoms with van der Waals surface area (Å²) >= 11 is 3.39. The molecule has 7 heteroatoms. The second-order valence-electron chi connectivity index (χ2n) is 6.70. The van der Waals surface area contributed by atoms with E-state index in [4.69, 9.17) is 9.47 Å². The van der Waals surface area contributed by atoms with Crippen LogP contribution in [0.5, 0.6) is 0 Å². The van der Waals surface area contributed by atoms with Crippen LogP contribution in [-0.4, -0.2) is 36.9 Å². The van der Waals surface area contributed by atoms with Gasteiger partial charge in [0.05, 0.1) is 25.9 Å². The Hall–Kier alpha value is -1.86. The molecule has 1 aromatic carbocycles. The van der Waals surface area contributed by atoms with Crippen molar-refractivity contribution in [2.45, 2.75) is 52.0 Å². The van der Waals surface area contributed by atoms with Gasteiger partial charge in [0.2, 0.25) is 0 Å². The van der Waals surface area contributed by atoms with Crippen LogP contribution >= 0.6 is 15.9 Å². The number of methoxy groups -OCH3 is 1. The minimum absolute atomic E-state index is 0.368. The van der Waals surface area contributed by atoms with Crippen LogP contribution in [0.25, 0.3) is 0 Å². The zero-order chi connectivity index (χ0) is 19.7. The van der Waals surface area contributed by atoms with E-state index >= 15 is 0 Å². The number of carbonyl (C=O) groups is 2. The number of nitrogens with one attached hydrogen (secondary N) is 1. The molecule has 26 heavy (non-hydrogen) atoms. The summed E-state index contributed by atoms with van der Waals surface area (Å²) in [6.07, 6.45) is 1.80. The van der Waals surface area contributed by atoms with E-state index in [0.717, 1.165) is 10.0 Å². The van der Waals surface area contributed by atoms with E-state index in [1.165, 1.54) is 19.3 Å². The molecule has 1 unspecified atom stereocenters. The van der Waals surface area contributed by atoms with E-state index in [0.29, 0.717) is 6.61 Å². The summed E-state index contributed by atoms with van der Waals surface area (Å²) in [6.45, 7) is 7.51. The Morgan fingerprint density at radius 3 is 2.38 bits per heavy atom. The number of hydrogen-bond acceptors (Lipinski definition) is 5. The molecular weight excluding hydrogens is 402 g/mol. The van der Waals surface area contributed by atoms with E-state index in [2.05, 4.69) is 26.0 Å². The molecule has 144 valence electrons. The standard InChI is InChI=1S/C19H26BrNO5/c1-13(25-12-14-6-8-15(20)9-7-14)16(10-11-17(22)24-5)21-18(23)26-19(2,3)4/h6-11,13,16H,12H2,1-5H3,(H,21,23)/b11-10+/t13?,16-/m0/s1. The van der Waals surface area contributed by atoms with Gasteiger partial charge in [0.15, 0.2) is 0 Å². The summed E-state index contributed by atoms with van der Waals surface area (Å²) in [6, 6.07) is 7.18. The average molecular weight is 428 g/mol. The van der Waals surface area contributed by atoms with Crippen molar-refractivity contribution in [1.82, 2.24) is 5.32 Å². The first kappa shape index (κ1) is 22.2. The van der Waals surface area contributed by atoms with Gasteiger partial charge < -0.3 is 19.5 Å². The Labute approximate surface area is 163 Å². The van der Waals surface area contributed by atoms with Gasteiger partial charge in [0.25, 0.3) is 0 Å². The Kier molecular flexibility index (Phi) is 8.81. The Morgan fingerprint density at radius 2 is 1.85 bits per heavy atom. The van der Waals surface area contributed by atoms with Crippen molar-refractivity contribution in [2.24, 2.45) is 0 Å². The van der Waals surface area contributed by atoms with Crippen molar-refractivity contribution in [3.05, 3.63) is 46.5 Å². The molecule has 0 saturated heterocycles. The zero-order valence-corrected chi connectivity index (χ0v) is 17.3. The van der Waals surface area contributed by atoms with Crippen LogP contribution in [0.15, 0.2) is 40.9 Å². The zero-order valence-electron chi connectivity index (χ0n) is 15.7. The van der Waals surface area contributed by atoms with Gasteiger partial charge in [-0.3, -0.25) is 0 Å². The Bertz CT molecular complexity index is 622. The molecule has 0 aliphatic carbocycles. The van der Waals surface area contributed by atoms with Gasteiger partial charge in [-0.2, -0.15) is 0 Å². The maximum absolute atomic E-state index is 12.1. The summed E-state index contributed by atoms with van der Waals surface area (Å²) in [7, 11) is 1.29. The second-order valence-corrected chi connectivity index (χ2v) is 7.61. The SMILES string of the molecule is COC(=O)/C=C/[C@H](NC(=O)OC(C)(C)C)C(C)OCc1ccc(Br)cc1. The summed E-state index contributed by atoms with van der Waals surface area (Å²) in [5.74, 6) is -0.513. The van der Waals surface area contributed by atoms with Crippen LogP contribution in [-0.2, 0) is 25.6 Å². The fraction of sp³-hybridized carbons (Fsp3) is 0.474. The molecule has 0 fully saturated rings. The van der Waals surface area contributed by atoms with Gasteiger partial charge in [-0.1, -0.05) is 34.1 Å².